The molecule has 1 heterocycles. The lowest BCUT2D eigenvalue weighted by Crippen LogP contribution is -2.45. The summed E-state index contributed by atoms with van der Waals surface area (Å²) in [6, 6.07) is 11.5. The van der Waals surface area contributed by atoms with Crippen molar-refractivity contribution in [2.75, 3.05) is 13.1 Å². The fourth-order valence-corrected chi connectivity index (χ4v) is 4.93. The Kier molecular flexibility index (Phi) is 4.26. The third kappa shape index (κ3) is 3.19. The molecule has 3 aliphatic rings. The smallest absolute Gasteiger partial charge is 0.335 e. The molecule has 1 saturated heterocycles. The summed E-state index contributed by atoms with van der Waals surface area (Å²) in [7, 11) is 0. The van der Waals surface area contributed by atoms with Crippen LogP contribution in [0, 0.1) is 11.2 Å². The molecule has 0 unspecified atom stereocenters. The Morgan fingerprint density at radius 1 is 1.00 bits per heavy atom. The quantitative estimate of drug-likeness (QED) is 0.805. The largest absolute Gasteiger partial charge is 0.478 e. The van der Waals surface area contributed by atoms with Gasteiger partial charge < -0.3 is 15.1 Å². The summed E-state index contributed by atoms with van der Waals surface area (Å²) in [6.07, 6.45) is 4.13. The Labute approximate surface area is 174 Å². The molecule has 5 nitrogen and oxygen atoms in total. The predicted octanol–water partition coefficient (Wildman–Crippen LogP) is 3.81. The van der Waals surface area contributed by atoms with Gasteiger partial charge in [-0.3, -0.25) is 4.79 Å². The molecule has 5 rings (SSSR count). The maximum absolute atomic E-state index is 14.2. The monoisotopic (exact) mass is 409 g/mol. The molecule has 1 atom stereocenters. The molecule has 1 amide bonds. The van der Waals surface area contributed by atoms with Crippen LogP contribution in [0.25, 0.3) is 11.1 Å². The highest BCUT2D eigenvalue weighted by molar-refractivity contribution is 5.89. The molecule has 30 heavy (non-hydrogen) atoms. The van der Waals surface area contributed by atoms with Crippen LogP contribution in [0.1, 0.15) is 53.9 Å². The maximum atomic E-state index is 14.2. The number of amides is 1. The van der Waals surface area contributed by atoms with E-state index in [2.05, 4.69) is 0 Å². The van der Waals surface area contributed by atoms with Crippen LogP contribution < -0.4 is 0 Å². The van der Waals surface area contributed by atoms with E-state index in [9.17, 15) is 19.1 Å². The molecule has 6 heteroatoms. The number of halogens is 1. The molecule has 0 radical (unpaired) electrons. The second-order valence-electron chi connectivity index (χ2n) is 9.06. The SMILES string of the molecule is O=C(O)c1ccc(F)c(-c2ccc([C@H]3CC34CCN(C(=O)C3(O)CC3)CC4)cc2)c1. The highest BCUT2D eigenvalue weighted by Crippen LogP contribution is 2.65. The number of nitrogens with zero attached hydrogens (tertiary/aromatic N) is 1. The van der Waals surface area contributed by atoms with Gasteiger partial charge >= 0.3 is 5.97 Å². The molecule has 156 valence electrons. The van der Waals surface area contributed by atoms with Gasteiger partial charge in [0.1, 0.15) is 11.4 Å². The minimum Gasteiger partial charge on any atom is -0.478 e. The van der Waals surface area contributed by atoms with Crippen molar-refractivity contribution in [2.24, 2.45) is 5.41 Å². The van der Waals surface area contributed by atoms with Crippen LogP contribution in [-0.4, -0.2) is 45.7 Å². The zero-order chi connectivity index (χ0) is 21.1. The fourth-order valence-electron chi connectivity index (χ4n) is 4.93. The van der Waals surface area contributed by atoms with E-state index in [1.165, 1.54) is 23.8 Å². The van der Waals surface area contributed by atoms with E-state index in [4.69, 9.17) is 5.11 Å². The number of benzene rings is 2. The first-order chi connectivity index (χ1) is 14.3. The molecule has 2 aromatic carbocycles. The van der Waals surface area contributed by atoms with Gasteiger partial charge in [-0.2, -0.15) is 0 Å². The number of aliphatic hydroxyl groups is 1. The van der Waals surface area contributed by atoms with Crippen molar-refractivity contribution >= 4 is 11.9 Å². The predicted molar refractivity (Wildman–Crippen MR) is 109 cm³/mol. The summed E-state index contributed by atoms with van der Waals surface area (Å²) < 4.78 is 14.2. The lowest BCUT2D eigenvalue weighted by molar-refractivity contribution is -0.144. The molecule has 2 saturated carbocycles. The van der Waals surface area contributed by atoms with Crippen molar-refractivity contribution in [1.29, 1.82) is 0 Å². The number of rotatable bonds is 4. The molecule has 1 spiro atoms. The third-order valence-corrected chi connectivity index (χ3v) is 7.20. The zero-order valence-corrected chi connectivity index (χ0v) is 16.6. The van der Waals surface area contributed by atoms with Crippen LogP contribution in [0.4, 0.5) is 4.39 Å². The number of carboxylic acids is 1. The van der Waals surface area contributed by atoms with E-state index >= 15 is 0 Å². The lowest BCUT2D eigenvalue weighted by atomic mass is 9.88. The standard InChI is InChI=1S/C24H24FNO4/c25-20-6-5-17(21(27)28)13-18(20)15-1-3-16(4-2-15)19-14-23(19)9-11-26(12-10-23)22(29)24(30)7-8-24/h1-6,13,19,30H,7-12,14H2,(H,27,28)/t19-/m1/s1. The second kappa shape index (κ2) is 6.64. The Bertz CT molecular complexity index is 1020. The molecule has 0 bridgehead atoms. The van der Waals surface area contributed by atoms with Crippen molar-refractivity contribution in [3.05, 3.63) is 59.4 Å². The van der Waals surface area contributed by atoms with Gasteiger partial charge in [0.25, 0.3) is 5.91 Å². The van der Waals surface area contributed by atoms with Gasteiger partial charge in [-0.15, -0.1) is 0 Å². The minimum absolute atomic E-state index is 0.0637. The number of carboxylic acid groups (broad SMARTS) is 1. The van der Waals surface area contributed by atoms with Gasteiger partial charge in [-0.05, 0) is 72.8 Å². The Hall–Kier alpha value is -2.73. The summed E-state index contributed by atoms with van der Waals surface area (Å²) in [6.45, 7) is 1.39. The number of hydrogen-bond donors (Lipinski definition) is 2. The van der Waals surface area contributed by atoms with Crippen molar-refractivity contribution in [3.8, 4) is 11.1 Å². The van der Waals surface area contributed by atoms with E-state index < -0.39 is 17.4 Å². The maximum Gasteiger partial charge on any atom is 0.335 e. The molecule has 2 aromatic rings. The van der Waals surface area contributed by atoms with E-state index in [1.807, 2.05) is 29.2 Å². The van der Waals surface area contributed by atoms with E-state index in [0.717, 1.165) is 19.3 Å². The van der Waals surface area contributed by atoms with Crippen molar-refractivity contribution in [3.63, 3.8) is 0 Å². The summed E-state index contributed by atoms with van der Waals surface area (Å²) in [5.74, 6) is -1.19. The molecule has 2 aliphatic carbocycles. The second-order valence-corrected chi connectivity index (χ2v) is 9.06. The Balaban J connectivity index is 1.27. The number of carbonyl (C=O) groups excluding carboxylic acids is 1. The molecular weight excluding hydrogens is 385 g/mol. The van der Waals surface area contributed by atoms with Gasteiger partial charge in [0.2, 0.25) is 0 Å². The van der Waals surface area contributed by atoms with Crippen LogP contribution >= 0.6 is 0 Å². The average molecular weight is 409 g/mol. The van der Waals surface area contributed by atoms with Crippen LogP contribution in [0.3, 0.4) is 0 Å². The van der Waals surface area contributed by atoms with Gasteiger partial charge in [0.15, 0.2) is 0 Å². The number of aromatic carboxylic acids is 1. The minimum atomic E-state index is -1.09. The first kappa shape index (κ1) is 19.2. The highest BCUT2D eigenvalue weighted by atomic mass is 19.1. The highest BCUT2D eigenvalue weighted by Gasteiger charge is 2.57. The van der Waals surface area contributed by atoms with E-state index in [-0.39, 0.29) is 22.4 Å². The molecule has 2 N–H and O–H groups in total. The number of hydrogen-bond acceptors (Lipinski definition) is 3. The van der Waals surface area contributed by atoms with Crippen LogP contribution in [0.15, 0.2) is 42.5 Å². The van der Waals surface area contributed by atoms with Crippen LogP contribution in [0.2, 0.25) is 0 Å². The summed E-state index contributed by atoms with van der Waals surface area (Å²) in [5, 5.41) is 19.2. The van der Waals surface area contributed by atoms with Crippen molar-refractivity contribution in [2.45, 2.75) is 43.6 Å². The third-order valence-electron chi connectivity index (χ3n) is 7.20. The summed E-state index contributed by atoms with van der Waals surface area (Å²) in [5.41, 5.74) is 1.35. The summed E-state index contributed by atoms with van der Waals surface area (Å²) >= 11 is 0. The van der Waals surface area contributed by atoms with Crippen molar-refractivity contribution < 1.29 is 24.2 Å². The van der Waals surface area contributed by atoms with Crippen LogP contribution in [-0.2, 0) is 4.79 Å². The first-order valence-corrected chi connectivity index (χ1v) is 10.5. The van der Waals surface area contributed by atoms with Gasteiger partial charge in [0.05, 0.1) is 5.56 Å². The zero-order valence-electron chi connectivity index (χ0n) is 16.6. The van der Waals surface area contributed by atoms with Gasteiger partial charge in [0, 0.05) is 18.7 Å². The van der Waals surface area contributed by atoms with Crippen LogP contribution in [0.5, 0.6) is 0 Å². The number of carbonyl (C=O) groups is 2. The fraction of sp³-hybridized carbons (Fsp3) is 0.417. The normalized spacial score (nSPS) is 23.3. The molecular formula is C24H24FNO4. The van der Waals surface area contributed by atoms with Crippen molar-refractivity contribution in [1.82, 2.24) is 4.90 Å². The Morgan fingerprint density at radius 3 is 2.27 bits per heavy atom. The molecule has 3 fully saturated rings. The van der Waals surface area contributed by atoms with Gasteiger partial charge in [-0.1, -0.05) is 24.3 Å². The first-order valence-electron chi connectivity index (χ1n) is 10.5. The van der Waals surface area contributed by atoms with E-state index in [0.29, 0.717) is 37.4 Å². The molecule has 1 aliphatic heterocycles. The molecule has 0 aromatic heterocycles. The average Bonchev–Trinajstić information content (AvgIpc) is 3.66. The lowest BCUT2D eigenvalue weighted by Gasteiger charge is -2.34. The van der Waals surface area contributed by atoms with Gasteiger partial charge in [-0.25, -0.2) is 9.18 Å². The Morgan fingerprint density at radius 2 is 1.67 bits per heavy atom. The summed E-state index contributed by atoms with van der Waals surface area (Å²) in [4.78, 5) is 25.3. The number of likely N-dealkylation sites (tertiary alicyclic amines) is 1. The topological polar surface area (TPSA) is 77.8 Å². The number of piperidine rings is 1. The van der Waals surface area contributed by atoms with E-state index in [1.54, 1.807) is 0 Å².